The van der Waals surface area contributed by atoms with Crippen LogP contribution in [0.1, 0.15) is 51.5 Å². The van der Waals surface area contributed by atoms with Gasteiger partial charge in [0, 0.05) is 29.3 Å². The van der Waals surface area contributed by atoms with Crippen molar-refractivity contribution in [1.82, 2.24) is 20.6 Å². The van der Waals surface area contributed by atoms with Crippen molar-refractivity contribution in [3.8, 4) is 0 Å². The first-order chi connectivity index (χ1) is 30.2. The molecule has 0 aliphatic rings. The van der Waals surface area contributed by atoms with Gasteiger partial charge in [0.05, 0.1) is 37.5 Å². The van der Waals surface area contributed by atoms with E-state index in [9.17, 15) is 35.9 Å². The van der Waals surface area contributed by atoms with Gasteiger partial charge >= 0.3 is 0 Å². The van der Waals surface area contributed by atoms with Crippen molar-refractivity contribution in [1.29, 1.82) is 0 Å². The van der Waals surface area contributed by atoms with Crippen LogP contribution in [0.2, 0.25) is 0 Å². The predicted molar refractivity (Wildman–Crippen MR) is 229 cm³/mol. The quantitative estimate of drug-likeness (QED) is 0.0484. The maximum absolute atomic E-state index is 16.1. The number of amides is 2. The van der Waals surface area contributed by atoms with E-state index in [1.54, 1.807) is 22.9 Å². The molecule has 0 radical (unpaired) electrons. The number of nitrogens with two attached hydrogens (primary N) is 1. The van der Waals surface area contributed by atoms with Crippen molar-refractivity contribution in [2.75, 3.05) is 26.5 Å². The number of carbonyl (C=O) groups is 4. The smallest absolute Gasteiger partial charge is 0.257 e. The highest BCUT2D eigenvalue weighted by molar-refractivity contribution is 7.17. The molecule has 5 aromatic carbocycles. The van der Waals surface area contributed by atoms with Gasteiger partial charge in [0.1, 0.15) is 48.2 Å². The Morgan fingerprint density at radius 1 is 0.683 bits per heavy atom. The zero-order valence-corrected chi connectivity index (χ0v) is 35.5. The zero-order valence-electron chi connectivity index (χ0n) is 33.9. The zero-order chi connectivity index (χ0) is 47.4. The lowest BCUT2D eigenvalue weighted by molar-refractivity contribution is -0.105. The van der Waals surface area contributed by atoms with Crippen LogP contribution in [0.4, 0.5) is 40.8 Å². The van der Waals surface area contributed by atoms with Crippen LogP contribution in [0, 0.1) is 46.5 Å². The number of halogens is 8. The molecule has 0 bridgehead atoms. The molecule has 7 aromatic rings. The second-order valence-corrected chi connectivity index (χ2v) is 14.1. The Bertz CT molecular complexity index is 2560. The van der Waals surface area contributed by atoms with Crippen molar-refractivity contribution in [2.45, 2.75) is 25.3 Å². The number of fused-ring (bicyclic) bond motifs is 2. The standard InChI is InChI=1S/C30H18F8N2OS.C8H6N2OS.C2H7N.CH5N.2CH2O/c1-13(16-7-19(33)11-20(34)8-16)40-30(41)25-26(35)24(27(36)29(38)28(25)37)21(6-14-4-17(31)10-18(32)5-14)15-2-3-23-22(9-15)39-12-42-23;11-4-9-6-1-2-8-7(3-6)10-5-12-8;1-3-2;3*1-2/h2-5,7-13,21H,6H2,1H3,(H,40,41);1-5H,(H,9,11);3H,1-2H3;2H2,1H3;2*1H2/t13?,21-;;;;;/m0...../s1. The minimum absolute atomic E-state index is 0.0628. The van der Waals surface area contributed by atoms with Gasteiger partial charge in [-0.1, -0.05) is 6.07 Å². The molecule has 0 spiro atoms. The van der Waals surface area contributed by atoms with Crippen LogP contribution in [-0.2, 0) is 20.8 Å². The fourth-order valence-corrected chi connectivity index (χ4v) is 7.11. The average Bonchev–Trinajstić information content (AvgIpc) is 3.94. The molecule has 2 heterocycles. The Morgan fingerprint density at radius 2 is 1.17 bits per heavy atom. The van der Waals surface area contributed by atoms with Gasteiger partial charge in [0.15, 0.2) is 17.5 Å². The molecular formula is C43H40F8N6O4S2. The highest BCUT2D eigenvalue weighted by atomic mass is 32.1. The van der Waals surface area contributed by atoms with Gasteiger partial charge in [-0.25, -0.2) is 45.1 Å². The SMILES string of the molecule is C=O.C=O.CC(NC(=O)c1c(F)c(F)c(F)c([C@@H](Cc2cc(F)cc(F)c2)c2ccc3scnc3c2)c1F)c1cc(F)cc(F)c1.CN.CNC.O=CNc1ccc2scnc2c1. The molecule has 10 nitrogen and oxygen atoms in total. The van der Waals surface area contributed by atoms with E-state index in [4.69, 9.17) is 9.59 Å². The summed E-state index contributed by atoms with van der Waals surface area (Å²) in [6, 6.07) is 13.6. The van der Waals surface area contributed by atoms with Gasteiger partial charge in [-0.15, -0.1) is 22.7 Å². The Hall–Kier alpha value is -6.48. The molecule has 0 fully saturated rings. The highest BCUT2D eigenvalue weighted by Crippen LogP contribution is 2.38. The first kappa shape index (κ1) is 52.7. The third-order valence-corrected chi connectivity index (χ3v) is 9.90. The van der Waals surface area contributed by atoms with Gasteiger partial charge < -0.3 is 31.3 Å². The lowest BCUT2D eigenvalue weighted by Crippen LogP contribution is -2.30. The van der Waals surface area contributed by atoms with Crippen molar-refractivity contribution in [3.05, 3.63) is 158 Å². The Morgan fingerprint density at radius 3 is 1.70 bits per heavy atom. The number of hydrogen-bond donors (Lipinski definition) is 4. The molecule has 2 atom stereocenters. The van der Waals surface area contributed by atoms with Gasteiger partial charge in [-0.05, 0) is 106 Å². The Labute approximate surface area is 364 Å². The number of anilines is 1. The van der Waals surface area contributed by atoms with E-state index >= 15 is 8.78 Å². The van der Waals surface area contributed by atoms with E-state index in [1.165, 1.54) is 43.0 Å². The van der Waals surface area contributed by atoms with Crippen molar-refractivity contribution in [2.24, 2.45) is 5.73 Å². The summed E-state index contributed by atoms with van der Waals surface area (Å²) in [6.07, 6.45) is 0.177. The molecule has 1 unspecified atom stereocenters. The van der Waals surface area contributed by atoms with Gasteiger partial charge in [-0.3, -0.25) is 9.59 Å². The molecular weight excluding hydrogens is 881 g/mol. The van der Waals surface area contributed by atoms with Crippen LogP contribution in [0.15, 0.2) is 83.8 Å². The molecule has 63 heavy (non-hydrogen) atoms. The number of nitrogens with zero attached hydrogens (tertiary/aromatic N) is 2. The summed E-state index contributed by atoms with van der Waals surface area (Å²) >= 11 is 2.85. The lowest BCUT2D eigenvalue weighted by Gasteiger charge is -2.22. The summed E-state index contributed by atoms with van der Waals surface area (Å²) in [5, 5.41) is 7.46. The summed E-state index contributed by atoms with van der Waals surface area (Å²) in [7, 11) is 5.25. The first-order valence-electron chi connectivity index (χ1n) is 17.9. The molecule has 20 heteroatoms. The monoisotopic (exact) mass is 920 g/mol. The molecule has 5 N–H and O–H groups in total. The molecule has 0 aliphatic carbocycles. The van der Waals surface area contributed by atoms with Crippen LogP contribution < -0.4 is 21.7 Å². The van der Waals surface area contributed by atoms with Crippen molar-refractivity contribution >= 4 is 74.7 Å². The molecule has 2 aromatic heterocycles. The van der Waals surface area contributed by atoms with Crippen LogP contribution >= 0.6 is 22.7 Å². The van der Waals surface area contributed by atoms with Crippen LogP contribution in [0.3, 0.4) is 0 Å². The first-order valence-corrected chi connectivity index (χ1v) is 19.7. The maximum atomic E-state index is 16.1. The molecule has 0 aliphatic heterocycles. The fourth-order valence-electron chi connectivity index (χ4n) is 5.79. The number of aromatic nitrogens is 2. The number of carbonyl (C=O) groups excluding carboxylic acids is 4. The highest BCUT2D eigenvalue weighted by Gasteiger charge is 2.34. The summed E-state index contributed by atoms with van der Waals surface area (Å²) in [5.74, 6) is -15.0. The van der Waals surface area contributed by atoms with Crippen molar-refractivity contribution < 1.29 is 54.3 Å². The van der Waals surface area contributed by atoms with Crippen LogP contribution in [0.25, 0.3) is 20.4 Å². The van der Waals surface area contributed by atoms with E-state index in [2.05, 4.69) is 31.7 Å². The summed E-state index contributed by atoms with van der Waals surface area (Å²) in [5.41, 5.74) is 7.32. The largest absolute Gasteiger partial charge is 0.345 e. The average molecular weight is 921 g/mol. The minimum Gasteiger partial charge on any atom is -0.345 e. The normalized spacial score (nSPS) is 11.0. The molecule has 2 amide bonds. The van der Waals surface area contributed by atoms with Gasteiger partial charge in [0.2, 0.25) is 6.41 Å². The fraction of sp³-hybridized carbons (Fsp3) is 0.163. The topological polar surface area (TPSA) is 156 Å². The number of thiazole rings is 2. The summed E-state index contributed by atoms with van der Waals surface area (Å²) < 4.78 is 119. The van der Waals surface area contributed by atoms with E-state index in [1.807, 2.05) is 45.9 Å². The molecule has 0 saturated heterocycles. The minimum atomic E-state index is -2.16. The van der Waals surface area contributed by atoms with Crippen LogP contribution in [0.5, 0.6) is 0 Å². The van der Waals surface area contributed by atoms with Gasteiger partial charge in [-0.2, -0.15) is 0 Å². The van der Waals surface area contributed by atoms with Gasteiger partial charge in [0.25, 0.3) is 5.91 Å². The van der Waals surface area contributed by atoms with E-state index < -0.39 is 82.0 Å². The van der Waals surface area contributed by atoms with E-state index in [-0.39, 0.29) is 16.7 Å². The second-order valence-electron chi connectivity index (χ2n) is 12.4. The Kier molecular flexibility index (Phi) is 21.8. The summed E-state index contributed by atoms with van der Waals surface area (Å²) in [4.78, 5) is 47.4. The number of nitrogens with one attached hydrogen (secondary N) is 3. The number of benzene rings is 5. The van der Waals surface area contributed by atoms with E-state index in [0.29, 0.717) is 28.8 Å². The van der Waals surface area contributed by atoms with Crippen molar-refractivity contribution in [3.63, 3.8) is 0 Å². The lowest BCUT2D eigenvalue weighted by atomic mass is 9.84. The third kappa shape index (κ3) is 14.0. The number of rotatable bonds is 9. The predicted octanol–water partition coefficient (Wildman–Crippen LogP) is 9.18. The molecule has 0 saturated carbocycles. The third-order valence-electron chi connectivity index (χ3n) is 8.28. The Balaban J connectivity index is 0.000000539. The van der Waals surface area contributed by atoms with E-state index in [0.717, 1.165) is 40.2 Å². The second kappa shape index (κ2) is 26.1. The molecule has 334 valence electrons. The van der Waals surface area contributed by atoms with Crippen LogP contribution in [-0.4, -0.2) is 57.0 Å². The number of hydrogen-bond acceptors (Lipinski definition) is 10. The maximum Gasteiger partial charge on any atom is 0.257 e. The molecule has 7 rings (SSSR count). The summed E-state index contributed by atoms with van der Waals surface area (Å²) in [6.45, 7) is 5.26.